The lowest BCUT2D eigenvalue weighted by molar-refractivity contribution is -0.384. The van der Waals surface area contributed by atoms with Gasteiger partial charge in [0.05, 0.1) is 18.6 Å². The first kappa shape index (κ1) is 19.2. The number of hydrogen-bond donors (Lipinski definition) is 0. The van der Waals surface area contributed by atoms with Crippen LogP contribution in [0.3, 0.4) is 0 Å². The summed E-state index contributed by atoms with van der Waals surface area (Å²) in [5.41, 5.74) is 3.43. The molecule has 1 amide bonds. The van der Waals surface area contributed by atoms with Gasteiger partial charge in [0.15, 0.2) is 0 Å². The zero-order chi connectivity index (χ0) is 20.4. The smallest absolute Gasteiger partial charge is 0.269 e. The molecule has 0 atom stereocenters. The SMILES string of the molecule is COc1cccc2c1CN(CC(=O)N1CCN(c3ccc([N+](=O)[O-])cc3)CC1)C2. The molecule has 29 heavy (non-hydrogen) atoms. The summed E-state index contributed by atoms with van der Waals surface area (Å²) in [6, 6.07) is 12.6. The fraction of sp³-hybridized carbons (Fsp3) is 0.381. The Balaban J connectivity index is 1.30. The summed E-state index contributed by atoms with van der Waals surface area (Å²) >= 11 is 0. The highest BCUT2D eigenvalue weighted by Gasteiger charge is 2.27. The monoisotopic (exact) mass is 396 g/mol. The fourth-order valence-corrected chi connectivity index (χ4v) is 4.05. The van der Waals surface area contributed by atoms with Crippen molar-refractivity contribution in [2.75, 3.05) is 44.7 Å². The van der Waals surface area contributed by atoms with Crippen LogP contribution in [0, 0.1) is 10.1 Å². The van der Waals surface area contributed by atoms with Crippen molar-refractivity contribution in [2.24, 2.45) is 0 Å². The van der Waals surface area contributed by atoms with Crippen LogP contribution in [-0.2, 0) is 17.9 Å². The van der Waals surface area contributed by atoms with Gasteiger partial charge in [0.2, 0.25) is 5.91 Å². The van der Waals surface area contributed by atoms with Gasteiger partial charge in [-0.05, 0) is 23.8 Å². The molecule has 0 aromatic heterocycles. The zero-order valence-corrected chi connectivity index (χ0v) is 16.4. The van der Waals surface area contributed by atoms with Crippen LogP contribution in [0.15, 0.2) is 42.5 Å². The molecule has 2 aliphatic heterocycles. The highest BCUT2D eigenvalue weighted by atomic mass is 16.6. The summed E-state index contributed by atoms with van der Waals surface area (Å²) in [5.74, 6) is 1.02. The number of piperazine rings is 1. The van der Waals surface area contributed by atoms with Crippen LogP contribution in [0.4, 0.5) is 11.4 Å². The minimum absolute atomic E-state index is 0.0887. The Hall–Kier alpha value is -3.13. The fourth-order valence-electron chi connectivity index (χ4n) is 4.05. The molecule has 2 aromatic rings. The number of amides is 1. The molecule has 2 heterocycles. The van der Waals surface area contributed by atoms with Crippen LogP contribution in [0.25, 0.3) is 0 Å². The van der Waals surface area contributed by atoms with Gasteiger partial charge in [-0.25, -0.2) is 0 Å². The van der Waals surface area contributed by atoms with Crippen molar-refractivity contribution in [1.82, 2.24) is 9.80 Å². The molecule has 2 aliphatic rings. The molecule has 8 nitrogen and oxygen atoms in total. The third-order valence-electron chi connectivity index (χ3n) is 5.64. The van der Waals surface area contributed by atoms with Crippen molar-refractivity contribution in [3.05, 3.63) is 63.7 Å². The average molecular weight is 396 g/mol. The van der Waals surface area contributed by atoms with Crippen LogP contribution in [-0.4, -0.2) is 60.5 Å². The first-order valence-corrected chi connectivity index (χ1v) is 9.69. The molecule has 1 saturated heterocycles. The number of ether oxygens (including phenoxy) is 1. The summed E-state index contributed by atoms with van der Waals surface area (Å²) < 4.78 is 5.44. The van der Waals surface area contributed by atoms with E-state index in [1.165, 1.54) is 23.3 Å². The molecule has 8 heteroatoms. The second kappa shape index (κ2) is 8.08. The van der Waals surface area contributed by atoms with Crippen molar-refractivity contribution in [2.45, 2.75) is 13.1 Å². The molecule has 0 unspecified atom stereocenters. The van der Waals surface area contributed by atoms with Crippen molar-refractivity contribution in [1.29, 1.82) is 0 Å². The topological polar surface area (TPSA) is 79.2 Å². The molecule has 0 saturated carbocycles. The Morgan fingerprint density at radius 2 is 1.79 bits per heavy atom. The maximum absolute atomic E-state index is 12.8. The van der Waals surface area contributed by atoms with Gasteiger partial charge < -0.3 is 14.5 Å². The largest absolute Gasteiger partial charge is 0.496 e. The molecule has 0 radical (unpaired) electrons. The van der Waals surface area contributed by atoms with Gasteiger partial charge in [0.1, 0.15) is 5.75 Å². The van der Waals surface area contributed by atoms with Gasteiger partial charge in [-0.1, -0.05) is 12.1 Å². The predicted molar refractivity (Wildman–Crippen MR) is 109 cm³/mol. The number of nitrogens with zero attached hydrogens (tertiary/aromatic N) is 4. The number of anilines is 1. The van der Waals surface area contributed by atoms with E-state index in [1.807, 2.05) is 17.0 Å². The van der Waals surface area contributed by atoms with Crippen LogP contribution in [0.2, 0.25) is 0 Å². The number of methoxy groups -OCH3 is 1. The maximum atomic E-state index is 12.8. The minimum Gasteiger partial charge on any atom is -0.496 e. The normalized spacial score (nSPS) is 16.6. The number of nitro groups is 1. The Bertz CT molecular complexity index is 907. The van der Waals surface area contributed by atoms with Crippen molar-refractivity contribution in [3.8, 4) is 5.75 Å². The van der Waals surface area contributed by atoms with Crippen LogP contribution in [0.5, 0.6) is 5.75 Å². The second-order valence-corrected chi connectivity index (χ2v) is 7.38. The number of non-ortho nitro benzene ring substituents is 1. The standard InChI is InChI=1S/C21H24N4O4/c1-29-20-4-2-3-16-13-22(14-19(16)20)15-21(26)24-11-9-23(10-12-24)17-5-7-18(8-6-17)25(27)28/h2-8H,9-15H2,1H3. The Kier molecular flexibility index (Phi) is 5.35. The van der Waals surface area contributed by atoms with Gasteiger partial charge in [0, 0.05) is 62.7 Å². The molecule has 0 aliphatic carbocycles. The highest BCUT2D eigenvalue weighted by Crippen LogP contribution is 2.30. The van der Waals surface area contributed by atoms with E-state index in [2.05, 4.69) is 15.9 Å². The average Bonchev–Trinajstić information content (AvgIpc) is 3.16. The molecule has 0 spiro atoms. The molecule has 0 bridgehead atoms. The van der Waals surface area contributed by atoms with Gasteiger partial charge in [0.25, 0.3) is 5.69 Å². The van der Waals surface area contributed by atoms with E-state index in [9.17, 15) is 14.9 Å². The molecule has 0 N–H and O–H groups in total. The van der Waals surface area contributed by atoms with Gasteiger partial charge in [-0.15, -0.1) is 0 Å². The number of nitro benzene ring substituents is 1. The second-order valence-electron chi connectivity index (χ2n) is 7.38. The summed E-state index contributed by atoms with van der Waals surface area (Å²) in [5, 5.41) is 10.8. The zero-order valence-electron chi connectivity index (χ0n) is 16.4. The lowest BCUT2D eigenvalue weighted by atomic mass is 10.1. The summed E-state index contributed by atoms with van der Waals surface area (Å²) in [6.07, 6.45) is 0. The molecule has 2 aromatic carbocycles. The molecule has 4 rings (SSSR count). The van der Waals surface area contributed by atoms with E-state index >= 15 is 0 Å². The summed E-state index contributed by atoms with van der Waals surface area (Å²) in [7, 11) is 1.67. The van der Waals surface area contributed by atoms with E-state index in [4.69, 9.17) is 4.74 Å². The number of fused-ring (bicyclic) bond motifs is 1. The van der Waals surface area contributed by atoms with Crippen molar-refractivity contribution >= 4 is 17.3 Å². The van der Waals surface area contributed by atoms with Gasteiger partial charge >= 0.3 is 0 Å². The first-order valence-electron chi connectivity index (χ1n) is 9.69. The third kappa shape index (κ3) is 4.02. The summed E-state index contributed by atoms with van der Waals surface area (Å²) in [6.45, 7) is 4.64. The van der Waals surface area contributed by atoms with Crippen LogP contribution in [0.1, 0.15) is 11.1 Å². The number of rotatable bonds is 5. The van der Waals surface area contributed by atoms with E-state index in [-0.39, 0.29) is 11.6 Å². The lowest BCUT2D eigenvalue weighted by Crippen LogP contribution is -2.50. The van der Waals surface area contributed by atoms with E-state index in [0.29, 0.717) is 19.6 Å². The van der Waals surface area contributed by atoms with Gasteiger partial charge in [-0.3, -0.25) is 19.8 Å². The van der Waals surface area contributed by atoms with Crippen molar-refractivity contribution in [3.63, 3.8) is 0 Å². The van der Waals surface area contributed by atoms with E-state index in [0.717, 1.165) is 37.6 Å². The predicted octanol–water partition coefficient (Wildman–Crippen LogP) is 2.27. The highest BCUT2D eigenvalue weighted by molar-refractivity contribution is 5.78. The molecular weight excluding hydrogens is 372 g/mol. The van der Waals surface area contributed by atoms with E-state index in [1.54, 1.807) is 19.2 Å². The number of carbonyl (C=O) groups excluding carboxylic acids is 1. The number of hydrogen-bond acceptors (Lipinski definition) is 6. The van der Waals surface area contributed by atoms with Crippen LogP contribution < -0.4 is 9.64 Å². The first-order chi connectivity index (χ1) is 14.0. The lowest BCUT2D eigenvalue weighted by Gasteiger charge is -2.36. The van der Waals surface area contributed by atoms with Gasteiger partial charge in [-0.2, -0.15) is 0 Å². The van der Waals surface area contributed by atoms with E-state index < -0.39 is 4.92 Å². The molecule has 152 valence electrons. The van der Waals surface area contributed by atoms with Crippen molar-refractivity contribution < 1.29 is 14.5 Å². The maximum Gasteiger partial charge on any atom is 0.269 e. The minimum atomic E-state index is -0.396. The van der Waals surface area contributed by atoms with Crippen LogP contribution >= 0.6 is 0 Å². The quantitative estimate of drug-likeness (QED) is 0.570. The Morgan fingerprint density at radius 1 is 1.07 bits per heavy atom. The Morgan fingerprint density at radius 3 is 2.45 bits per heavy atom. The number of benzene rings is 2. The molecular formula is C21H24N4O4. The third-order valence-corrected chi connectivity index (χ3v) is 5.64. The Labute approximate surface area is 169 Å². The molecule has 1 fully saturated rings. The number of carbonyl (C=O) groups is 1. The summed E-state index contributed by atoms with van der Waals surface area (Å²) in [4.78, 5) is 29.4.